The Morgan fingerprint density at radius 3 is 2.23 bits per heavy atom. The maximum atomic E-state index is 12.7. The molecule has 0 unspecified atom stereocenters. The molecule has 0 saturated carbocycles. The Balaban J connectivity index is 1.70. The smallest absolute Gasteiger partial charge is 0.354 e. The van der Waals surface area contributed by atoms with E-state index >= 15 is 0 Å². The van der Waals surface area contributed by atoms with Gasteiger partial charge in [-0.25, -0.2) is 4.98 Å². The van der Waals surface area contributed by atoms with Gasteiger partial charge in [0.1, 0.15) is 11.5 Å². The van der Waals surface area contributed by atoms with Crippen molar-refractivity contribution in [3.05, 3.63) is 70.7 Å². The second-order valence-electron chi connectivity index (χ2n) is 6.97. The molecule has 3 aromatic rings. The third-order valence-corrected chi connectivity index (χ3v) is 4.73. The number of Topliss-reactive ketones (excluding diaryl/α,β-unsaturated/α-hetero) is 1. The van der Waals surface area contributed by atoms with Crippen molar-refractivity contribution in [2.24, 2.45) is 0 Å². The topological polar surface area (TPSA) is 86.9 Å². The van der Waals surface area contributed by atoms with Gasteiger partial charge >= 0.3 is 6.18 Å². The summed E-state index contributed by atoms with van der Waals surface area (Å²) in [6, 6.07) is 8.82. The van der Waals surface area contributed by atoms with Crippen LogP contribution in [0.2, 0.25) is 0 Å². The van der Waals surface area contributed by atoms with Crippen LogP contribution in [0.25, 0.3) is 0 Å². The van der Waals surface area contributed by atoms with Gasteiger partial charge in [0.25, 0.3) is 5.91 Å². The number of amides is 1. The fourth-order valence-electron chi connectivity index (χ4n) is 3.31. The number of nitrogens with zero attached hydrogens (tertiary/aromatic N) is 1. The minimum absolute atomic E-state index is 0.100. The molecule has 0 spiro atoms. The third kappa shape index (κ3) is 4.93. The molecule has 0 bridgehead atoms. The Morgan fingerprint density at radius 1 is 1.06 bits per heavy atom. The molecule has 0 saturated heterocycles. The van der Waals surface area contributed by atoms with Crippen LogP contribution in [-0.4, -0.2) is 21.7 Å². The summed E-state index contributed by atoms with van der Waals surface area (Å²) < 4.78 is 37.8. The zero-order valence-electron chi connectivity index (χ0n) is 17.1. The number of aromatic nitrogens is 2. The number of hydrogen-bond donors (Lipinski definition) is 3. The van der Waals surface area contributed by atoms with Gasteiger partial charge < -0.3 is 15.6 Å². The molecular weight excluding hydrogens is 409 g/mol. The fourth-order valence-corrected chi connectivity index (χ4v) is 3.31. The third-order valence-electron chi connectivity index (χ3n) is 4.73. The number of hydrogen-bond acceptors (Lipinski definition) is 4. The van der Waals surface area contributed by atoms with Crippen molar-refractivity contribution in [2.75, 3.05) is 10.6 Å². The van der Waals surface area contributed by atoms with Crippen molar-refractivity contribution in [2.45, 2.75) is 33.4 Å². The van der Waals surface area contributed by atoms with Gasteiger partial charge in [0, 0.05) is 28.8 Å². The summed E-state index contributed by atoms with van der Waals surface area (Å²) in [6.45, 7) is 5.10. The molecule has 1 aromatic carbocycles. The monoisotopic (exact) mass is 430 g/mol. The van der Waals surface area contributed by atoms with E-state index in [0.29, 0.717) is 40.3 Å². The summed E-state index contributed by atoms with van der Waals surface area (Å²) in [7, 11) is 0. The summed E-state index contributed by atoms with van der Waals surface area (Å²) in [5, 5.41) is 5.68. The van der Waals surface area contributed by atoms with Crippen LogP contribution in [0.3, 0.4) is 0 Å². The Kier molecular flexibility index (Phi) is 6.14. The predicted octanol–water partition coefficient (Wildman–Crippen LogP) is 5.50. The van der Waals surface area contributed by atoms with E-state index in [1.807, 2.05) is 6.92 Å². The molecule has 0 fully saturated rings. The quantitative estimate of drug-likeness (QED) is 0.451. The molecule has 31 heavy (non-hydrogen) atoms. The maximum Gasteiger partial charge on any atom is 0.417 e. The Morgan fingerprint density at radius 2 is 1.71 bits per heavy atom. The molecule has 2 aromatic heterocycles. The van der Waals surface area contributed by atoms with Crippen molar-refractivity contribution in [1.29, 1.82) is 0 Å². The number of nitrogens with one attached hydrogen (secondary N) is 3. The first kappa shape index (κ1) is 22.1. The molecule has 2 heterocycles. The van der Waals surface area contributed by atoms with Crippen molar-refractivity contribution in [3.8, 4) is 0 Å². The van der Waals surface area contributed by atoms with Crippen LogP contribution in [0.1, 0.15) is 51.5 Å². The molecule has 162 valence electrons. The van der Waals surface area contributed by atoms with Gasteiger partial charge in [-0.15, -0.1) is 0 Å². The number of rotatable bonds is 6. The largest absolute Gasteiger partial charge is 0.417 e. The van der Waals surface area contributed by atoms with Gasteiger partial charge in [-0.3, -0.25) is 9.59 Å². The molecule has 0 aliphatic carbocycles. The lowest BCUT2D eigenvalue weighted by molar-refractivity contribution is -0.137. The molecule has 0 aliphatic heterocycles. The summed E-state index contributed by atoms with van der Waals surface area (Å²) in [6.07, 6.45) is -3.15. The lowest BCUT2D eigenvalue weighted by Gasteiger charge is -2.10. The summed E-state index contributed by atoms with van der Waals surface area (Å²) in [5.41, 5.74) is 2.50. The SMILES string of the molecule is CCc1c(C(=O)Nc2ccc(Nc3ccc(C(F)(F)F)cn3)cc2)[nH]c(C)c1C(C)=O. The lowest BCUT2D eigenvalue weighted by atomic mass is 10.0. The number of H-pyrrole nitrogens is 1. The van der Waals surface area contributed by atoms with Gasteiger partial charge in [0.2, 0.25) is 0 Å². The van der Waals surface area contributed by atoms with E-state index in [0.717, 1.165) is 12.3 Å². The summed E-state index contributed by atoms with van der Waals surface area (Å²) in [4.78, 5) is 31.3. The van der Waals surface area contributed by atoms with Crippen molar-refractivity contribution < 1.29 is 22.8 Å². The molecule has 9 heteroatoms. The number of carbonyl (C=O) groups excluding carboxylic acids is 2. The first-order valence-corrected chi connectivity index (χ1v) is 9.54. The maximum absolute atomic E-state index is 12.7. The van der Waals surface area contributed by atoms with E-state index in [4.69, 9.17) is 0 Å². The second kappa shape index (κ2) is 8.63. The minimum Gasteiger partial charge on any atom is -0.354 e. The van der Waals surface area contributed by atoms with Crippen LogP contribution in [-0.2, 0) is 12.6 Å². The molecule has 1 amide bonds. The number of halogens is 3. The van der Waals surface area contributed by atoms with E-state index < -0.39 is 11.7 Å². The van der Waals surface area contributed by atoms with Gasteiger partial charge in [0.05, 0.1) is 5.56 Å². The highest BCUT2D eigenvalue weighted by molar-refractivity contribution is 6.07. The molecule has 3 N–H and O–H groups in total. The normalized spacial score (nSPS) is 11.3. The predicted molar refractivity (Wildman–Crippen MR) is 112 cm³/mol. The molecule has 6 nitrogen and oxygen atoms in total. The van der Waals surface area contributed by atoms with Crippen molar-refractivity contribution >= 4 is 28.9 Å². The van der Waals surface area contributed by atoms with Gasteiger partial charge in [-0.05, 0) is 62.2 Å². The van der Waals surface area contributed by atoms with Gasteiger partial charge in [-0.2, -0.15) is 13.2 Å². The average molecular weight is 430 g/mol. The van der Waals surface area contributed by atoms with Crippen LogP contribution in [0.5, 0.6) is 0 Å². The minimum atomic E-state index is -4.44. The van der Waals surface area contributed by atoms with Crippen molar-refractivity contribution in [1.82, 2.24) is 9.97 Å². The van der Waals surface area contributed by atoms with E-state index in [2.05, 4.69) is 20.6 Å². The highest BCUT2D eigenvalue weighted by atomic mass is 19.4. The van der Waals surface area contributed by atoms with E-state index in [-0.39, 0.29) is 17.5 Å². The van der Waals surface area contributed by atoms with Gasteiger partial charge in [0.15, 0.2) is 5.78 Å². The Labute approximate surface area is 176 Å². The molecule has 3 rings (SSSR count). The zero-order valence-corrected chi connectivity index (χ0v) is 17.1. The number of aryl methyl sites for hydroxylation is 1. The number of benzene rings is 1. The highest BCUT2D eigenvalue weighted by Crippen LogP contribution is 2.29. The molecule has 0 aliphatic rings. The van der Waals surface area contributed by atoms with Crippen LogP contribution in [0.4, 0.5) is 30.4 Å². The highest BCUT2D eigenvalue weighted by Gasteiger charge is 2.30. The number of carbonyl (C=O) groups is 2. The number of ketones is 1. The number of pyridine rings is 1. The molecular formula is C22H21F3N4O2. The lowest BCUT2D eigenvalue weighted by Crippen LogP contribution is -2.14. The zero-order chi connectivity index (χ0) is 22.8. The number of aromatic amines is 1. The van der Waals surface area contributed by atoms with E-state index in [9.17, 15) is 22.8 Å². The van der Waals surface area contributed by atoms with Gasteiger partial charge in [-0.1, -0.05) is 6.92 Å². The average Bonchev–Trinajstić information content (AvgIpc) is 3.06. The Hall–Kier alpha value is -3.62. The first-order chi connectivity index (χ1) is 14.6. The van der Waals surface area contributed by atoms with Crippen LogP contribution < -0.4 is 10.6 Å². The van der Waals surface area contributed by atoms with Crippen LogP contribution in [0.15, 0.2) is 42.6 Å². The number of alkyl halides is 3. The fraction of sp³-hybridized carbons (Fsp3) is 0.227. The van der Waals surface area contributed by atoms with E-state index in [1.165, 1.54) is 13.0 Å². The van der Waals surface area contributed by atoms with E-state index in [1.54, 1.807) is 31.2 Å². The summed E-state index contributed by atoms with van der Waals surface area (Å²) >= 11 is 0. The summed E-state index contributed by atoms with van der Waals surface area (Å²) in [5.74, 6) is -0.203. The number of anilines is 3. The molecule has 0 radical (unpaired) electrons. The Bertz CT molecular complexity index is 1100. The van der Waals surface area contributed by atoms with Crippen LogP contribution in [0, 0.1) is 6.92 Å². The second-order valence-corrected chi connectivity index (χ2v) is 6.97. The van der Waals surface area contributed by atoms with Crippen LogP contribution >= 0.6 is 0 Å². The molecule has 0 atom stereocenters. The standard InChI is InChI=1S/C22H21F3N4O2/c1-4-17-19(13(3)30)12(2)27-20(17)21(31)29-16-8-6-15(7-9-16)28-18-10-5-14(11-26-18)22(23,24)25/h5-11,27H,4H2,1-3H3,(H,26,28)(H,29,31). The van der Waals surface area contributed by atoms with Crippen molar-refractivity contribution in [3.63, 3.8) is 0 Å². The first-order valence-electron chi connectivity index (χ1n) is 9.54.